The van der Waals surface area contributed by atoms with E-state index in [1.807, 2.05) is 6.92 Å². The average molecular weight is 357 g/mol. The van der Waals surface area contributed by atoms with Crippen molar-refractivity contribution >= 4 is 23.2 Å². The molecule has 1 N–H and O–H groups in total. The number of carbonyl (C=O) groups is 1. The van der Waals surface area contributed by atoms with Crippen LogP contribution < -0.4 is 5.32 Å². The van der Waals surface area contributed by atoms with Gasteiger partial charge in [0, 0.05) is 12.4 Å². The molecule has 0 aliphatic carbocycles. The first-order valence-corrected chi connectivity index (χ1v) is 8.78. The largest absolute Gasteiger partial charge is 0.344 e. The zero-order valence-electron chi connectivity index (χ0n) is 14.5. The molecule has 0 bridgehead atoms. The van der Waals surface area contributed by atoms with Crippen LogP contribution in [0.4, 0.5) is 0 Å². The Hall–Kier alpha value is -2.40. The second-order valence-electron chi connectivity index (χ2n) is 6.31. The third kappa shape index (κ3) is 3.51. The van der Waals surface area contributed by atoms with E-state index in [4.69, 9.17) is 11.6 Å². The summed E-state index contributed by atoms with van der Waals surface area (Å²) in [5, 5.41) is 7.53. The fourth-order valence-corrected chi connectivity index (χ4v) is 3.02. The minimum absolute atomic E-state index is 0.0949. The predicted molar refractivity (Wildman–Crippen MR) is 99.0 cm³/mol. The summed E-state index contributed by atoms with van der Waals surface area (Å²) in [6, 6.07) is 9.99. The molecule has 0 aliphatic heterocycles. The molecule has 5 nitrogen and oxygen atoms in total. The number of benzene rings is 1. The van der Waals surface area contributed by atoms with Gasteiger partial charge in [0.05, 0.1) is 6.04 Å². The summed E-state index contributed by atoms with van der Waals surface area (Å²) >= 11 is 6.27. The maximum Gasteiger partial charge on any atom is 0.273 e. The van der Waals surface area contributed by atoms with E-state index in [-0.39, 0.29) is 22.7 Å². The fraction of sp³-hybridized carbons (Fsp3) is 0.316. The normalized spacial score (nSPS) is 12.5. The van der Waals surface area contributed by atoms with Crippen LogP contribution in [0.1, 0.15) is 60.8 Å². The van der Waals surface area contributed by atoms with Gasteiger partial charge < -0.3 is 5.32 Å². The minimum Gasteiger partial charge on any atom is -0.344 e. The van der Waals surface area contributed by atoms with Crippen LogP contribution >= 0.6 is 11.6 Å². The Morgan fingerprint density at radius 2 is 1.92 bits per heavy atom. The zero-order valence-corrected chi connectivity index (χ0v) is 15.3. The Morgan fingerprint density at radius 1 is 1.24 bits per heavy atom. The van der Waals surface area contributed by atoms with Crippen molar-refractivity contribution in [3.05, 3.63) is 64.6 Å². The number of nitrogens with one attached hydrogen (secondary N) is 1. The van der Waals surface area contributed by atoms with E-state index in [9.17, 15) is 4.79 Å². The number of hydrogen-bond donors (Lipinski definition) is 1. The Bertz CT molecular complexity index is 886. The van der Waals surface area contributed by atoms with E-state index in [0.717, 1.165) is 12.0 Å². The van der Waals surface area contributed by atoms with Crippen LogP contribution in [0.5, 0.6) is 0 Å². The maximum atomic E-state index is 12.7. The standard InChI is InChI=1S/C19H21ClN4O/c1-4-15(14-8-6-13(7-9-14)12(2)3)22-19(25)17-16(20)18-21-10-5-11-24(18)23-17/h5-12,15H,4H2,1-3H3,(H,22,25)/t15-/m1/s1. The third-order valence-electron chi connectivity index (χ3n) is 4.27. The Kier molecular flexibility index (Phi) is 5.04. The van der Waals surface area contributed by atoms with Crippen molar-refractivity contribution in [2.75, 3.05) is 0 Å². The summed E-state index contributed by atoms with van der Waals surface area (Å²) in [5.41, 5.74) is 3.01. The number of nitrogens with zero attached hydrogens (tertiary/aromatic N) is 3. The number of rotatable bonds is 5. The smallest absolute Gasteiger partial charge is 0.273 e. The SMILES string of the molecule is CC[C@@H](NC(=O)c1nn2cccnc2c1Cl)c1ccc(C(C)C)cc1. The Balaban J connectivity index is 1.83. The van der Waals surface area contributed by atoms with Gasteiger partial charge in [-0.2, -0.15) is 5.10 Å². The van der Waals surface area contributed by atoms with E-state index in [0.29, 0.717) is 11.6 Å². The van der Waals surface area contributed by atoms with Gasteiger partial charge in [0.15, 0.2) is 11.3 Å². The summed E-state index contributed by atoms with van der Waals surface area (Å²) in [6.45, 7) is 6.36. The molecule has 1 aromatic carbocycles. The second-order valence-corrected chi connectivity index (χ2v) is 6.68. The highest BCUT2D eigenvalue weighted by Gasteiger charge is 2.21. The van der Waals surface area contributed by atoms with Crippen LogP contribution in [0, 0.1) is 0 Å². The van der Waals surface area contributed by atoms with Crippen LogP contribution in [0.2, 0.25) is 5.02 Å². The van der Waals surface area contributed by atoms with Gasteiger partial charge in [-0.05, 0) is 29.5 Å². The summed E-state index contributed by atoms with van der Waals surface area (Å²) < 4.78 is 1.51. The highest BCUT2D eigenvalue weighted by atomic mass is 35.5. The molecule has 0 unspecified atom stereocenters. The van der Waals surface area contributed by atoms with E-state index in [2.05, 4.69) is 53.5 Å². The number of halogens is 1. The number of aromatic nitrogens is 3. The molecule has 2 aromatic heterocycles. The van der Waals surface area contributed by atoms with E-state index < -0.39 is 0 Å². The molecule has 6 heteroatoms. The van der Waals surface area contributed by atoms with Crippen LogP contribution in [0.15, 0.2) is 42.7 Å². The van der Waals surface area contributed by atoms with Crippen molar-refractivity contribution in [1.29, 1.82) is 0 Å². The highest BCUT2D eigenvalue weighted by Crippen LogP contribution is 2.23. The summed E-state index contributed by atoms with van der Waals surface area (Å²) in [6.07, 6.45) is 4.11. The van der Waals surface area contributed by atoms with Gasteiger partial charge in [0.25, 0.3) is 5.91 Å². The second kappa shape index (κ2) is 7.23. The van der Waals surface area contributed by atoms with Crippen molar-refractivity contribution in [3.8, 4) is 0 Å². The van der Waals surface area contributed by atoms with Gasteiger partial charge in [-0.3, -0.25) is 4.79 Å². The molecule has 25 heavy (non-hydrogen) atoms. The van der Waals surface area contributed by atoms with E-state index >= 15 is 0 Å². The molecule has 3 aromatic rings. The summed E-state index contributed by atoms with van der Waals surface area (Å²) in [5.74, 6) is 0.184. The number of carbonyl (C=O) groups excluding carboxylic acids is 1. The molecule has 0 spiro atoms. The summed E-state index contributed by atoms with van der Waals surface area (Å²) in [4.78, 5) is 16.8. The fourth-order valence-electron chi connectivity index (χ4n) is 2.76. The predicted octanol–water partition coefficient (Wildman–Crippen LogP) is 4.39. The molecule has 1 amide bonds. The first-order chi connectivity index (χ1) is 12.0. The Labute approximate surface area is 152 Å². The van der Waals surface area contributed by atoms with Gasteiger partial charge >= 0.3 is 0 Å². The van der Waals surface area contributed by atoms with E-state index in [1.54, 1.807) is 18.5 Å². The number of amides is 1. The highest BCUT2D eigenvalue weighted by molar-refractivity contribution is 6.36. The lowest BCUT2D eigenvalue weighted by atomic mass is 9.98. The Morgan fingerprint density at radius 3 is 2.52 bits per heavy atom. The van der Waals surface area contributed by atoms with Crippen LogP contribution in [-0.4, -0.2) is 20.5 Å². The van der Waals surface area contributed by atoms with Crippen molar-refractivity contribution in [3.63, 3.8) is 0 Å². The van der Waals surface area contributed by atoms with Crippen molar-refractivity contribution in [2.45, 2.75) is 39.2 Å². The van der Waals surface area contributed by atoms with Crippen LogP contribution in [0.25, 0.3) is 5.65 Å². The molecule has 0 saturated heterocycles. The van der Waals surface area contributed by atoms with E-state index in [1.165, 1.54) is 10.1 Å². The lowest BCUT2D eigenvalue weighted by Crippen LogP contribution is -2.28. The molecular weight excluding hydrogens is 336 g/mol. The minimum atomic E-state index is -0.296. The average Bonchev–Trinajstić information content (AvgIpc) is 2.97. The molecule has 0 aliphatic rings. The molecule has 0 radical (unpaired) electrons. The lowest BCUT2D eigenvalue weighted by molar-refractivity contribution is 0.0930. The third-order valence-corrected chi connectivity index (χ3v) is 4.62. The van der Waals surface area contributed by atoms with Crippen molar-refractivity contribution in [1.82, 2.24) is 19.9 Å². The monoisotopic (exact) mass is 356 g/mol. The van der Waals surface area contributed by atoms with Gasteiger partial charge in [-0.25, -0.2) is 9.50 Å². The maximum absolute atomic E-state index is 12.7. The van der Waals surface area contributed by atoms with Crippen molar-refractivity contribution in [2.24, 2.45) is 0 Å². The topological polar surface area (TPSA) is 59.3 Å². The van der Waals surface area contributed by atoms with Crippen LogP contribution in [0.3, 0.4) is 0 Å². The molecule has 0 saturated carbocycles. The van der Waals surface area contributed by atoms with Crippen LogP contribution in [-0.2, 0) is 0 Å². The zero-order chi connectivity index (χ0) is 18.0. The first kappa shape index (κ1) is 17.4. The lowest BCUT2D eigenvalue weighted by Gasteiger charge is -2.18. The number of fused-ring (bicyclic) bond motifs is 1. The molecule has 1 atom stereocenters. The quantitative estimate of drug-likeness (QED) is 0.737. The molecule has 3 rings (SSSR count). The van der Waals surface area contributed by atoms with Gasteiger partial charge in [-0.15, -0.1) is 0 Å². The van der Waals surface area contributed by atoms with Gasteiger partial charge in [-0.1, -0.05) is 56.6 Å². The summed E-state index contributed by atoms with van der Waals surface area (Å²) in [7, 11) is 0. The molecule has 2 heterocycles. The van der Waals surface area contributed by atoms with Crippen molar-refractivity contribution < 1.29 is 4.79 Å². The molecule has 0 fully saturated rings. The first-order valence-electron chi connectivity index (χ1n) is 8.40. The number of hydrogen-bond acceptors (Lipinski definition) is 3. The molecular formula is C19H21ClN4O. The molecule has 130 valence electrons. The van der Waals surface area contributed by atoms with Gasteiger partial charge in [0.1, 0.15) is 5.02 Å². The van der Waals surface area contributed by atoms with Gasteiger partial charge in [0.2, 0.25) is 0 Å².